The van der Waals surface area contributed by atoms with Crippen LogP contribution in [0.25, 0.3) is 0 Å². The Balaban J connectivity index is 1.83. The van der Waals surface area contributed by atoms with Gasteiger partial charge >= 0.3 is 6.03 Å². The van der Waals surface area contributed by atoms with Crippen LogP contribution in [0.4, 0.5) is 20.6 Å². The van der Waals surface area contributed by atoms with Gasteiger partial charge in [-0.05, 0) is 25.1 Å². The van der Waals surface area contributed by atoms with Gasteiger partial charge in [-0.1, -0.05) is 0 Å². The molecule has 1 aromatic carbocycles. The summed E-state index contributed by atoms with van der Waals surface area (Å²) in [4.78, 5) is 26.4. The molecule has 3 amide bonds. The van der Waals surface area contributed by atoms with Crippen molar-refractivity contribution in [3.63, 3.8) is 0 Å². The highest BCUT2D eigenvalue weighted by Crippen LogP contribution is 2.27. The highest BCUT2D eigenvalue weighted by Gasteiger charge is 2.27. The number of nitrogens with one attached hydrogen (secondary N) is 2. The monoisotopic (exact) mass is 306 g/mol. The van der Waals surface area contributed by atoms with Gasteiger partial charge in [0.2, 0.25) is 5.91 Å². The van der Waals surface area contributed by atoms with Gasteiger partial charge in [0.05, 0.1) is 5.69 Å². The molecule has 3 rings (SSSR count). The lowest BCUT2D eigenvalue weighted by molar-refractivity contribution is -0.120. The smallest absolute Gasteiger partial charge is 0.328 e. The third kappa shape index (κ3) is 2.76. The Labute approximate surface area is 128 Å². The van der Waals surface area contributed by atoms with Crippen molar-refractivity contribution in [2.45, 2.75) is 19.4 Å². The minimum atomic E-state index is -0.571. The molecule has 2 saturated heterocycles. The lowest BCUT2D eigenvalue weighted by Gasteiger charge is -2.36. The van der Waals surface area contributed by atoms with Crippen LogP contribution in [0.2, 0.25) is 0 Å². The van der Waals surface area contributed by atoms with E-state index in [0.717, 1.165) is 25.3 Å². The highest BCUT2D eigenvalue weighted by atomic mass is 19.1. The maximum atomic E-state index is 14.4. The molecule has 22 heavy (non-hydrogen) atoms. The third-order valence-corrected chi connectivity index (χ3v) is 4.11. The summed E-state index contributed by atoms with van der Waals surface area (Å²) in [5, 5.41) is 5.50. The molecule has 0 aliphatic carbocycles. The van der Waals surface area contributed by atoms with Crippen LogP contribution in [-0.2, 0) is 4.79 Å². The minimum Gasteiger partial charge on any atom is -0.366 e. The lowest BCUT2D eigenvalue weighted by Crippen LogP contribution is -2.50. The van der Waals surface area contributed by atoms with Crippen LogP contribution in [0.3, 0.4) is 0 Å². The van der Waals surface area contributed by atoms with Crippen molar-refractivity contribution in [1.82, 2.24) is 10.6 Å². The summed E-state index contributed by atoms with van der Waals surface area (Å²) in [6.07, 6.45) is 0.182. The lowest BCUT2D eigenvalue weighted by atomic mass is 10.1. The molecule has 0 saturated carbocycles. The zero-order chi connectivity index (χ0) is 15.7. The SMILES string of the molecule is C[C@@H]1CNCCN1c1ccc(N2CCC(=O)NC2=O)c(F)c1. The van der Waals surface area contributed by atoms with E-state index in [0.29, 0.717) is 0 Å². The van der Waals surface area contributed by atoms with Crippen LogP contribution in [0.15, 0.2) is 18.2 Å². The molecule has 0 spiro atoms. The number of hydrogen-bond donors (Lipinski definition) is 2. The molecule has 118 valence electrons. The fourth-order valence-corrected chi connectivity index (χ4v) is 2.91. The molecule has 1 aromatic rings. The van der Waals surface area contributed by atoms with Crippen molar-refractivity contribution in [3.8, 4) is 0 Å². The molecule has 0 aromatic heterocycles. The largest absolute Gasteiger partial charge is 0.366 e. The molecule has 0 bridgehead atoms. The van der Waals surface area contributed by atoms with E-state index < -0.39 is 11.8 Å². The van der Waals surface area contributed by atoms with Gasteiger partial charge in [0, 0.05) is 44.3 Å². The van der Waals surface area contributed by atoms with E-state index in [-0.39, 0.29) is 30.6 Å². The number of hydrogen-bond acceptors (Lipinski definition) is 4. The minimum absolute atomic E-state index is 0.182. The molecule has 2 N–H and O–H groups in total. The highest BCUT2D eigenvalue weighted by molar-refractivity contribution is 6.05. The Morgan fingerprint density at radius 3 is 2.77 bits per heavy atom. The average Bonchev–Trinajstić information content (AvgIpc) is 2.48. The van der Waals surface area contributed by atoms with Crippen molar-refractivity contribution in [2.75, 3.05) is 36.0 Å². The number of piperazine rings is 1. The normalized spacial score (nSPS) is 22.7. The average molecular weight is 306 g/mol. The zero-order valence-corrected chi connectivity index (χ0v) is 12.4. The maximum Gasteiger partial charge on any atom is 0.328 e. The second-order valence-electron chi connectivity index (χ2n) is 5.64. The van der Waals surface area contributed by atoms with Gasteiger partial charge in [-0.3, -0.25) is 15.0 Å². The van der Waals surface area contributed by atoms with Gasteiger partial charge in [0.15, 0.2) is 0 Å². The fraction of sp³-hybridized carbons (Fsp3) is 0.467. The van der Waals surface area contributed by atoms with Crippen molar-refractivity contribution >= 4 is 23.3 Å². The summed E-state index contributed by atoms with van der Waals surface area (Å²) < 4.78 is 14.4. The first kappa shape index (κ1) is 14.8. The number of nitrogens with zero attached hydrogens (tertiary/aromatic N) is 2. The van der Waals surface area contributed by atoms with Gasteiger partial charge in [-0.25, -0.2) is 9.18 Å². The standard InChI is InChI=1S/C15H19FN4O2/c1-10-9-17-5-7-19(10)11-2-3-13(12(16)8-11)20-6-4-14(21)18-15(20)22/h2-3,8,10,17H,4-7,9H2,1H3,(H,18,21,22)/t10-/m1/s1. The Bertz CT molecular complexity index is 607. The zero-order valence-electron chi connectivity index (χ0n) is 12.4. The summed E-state index contributed by atoms with van der Waals surface area (Å²) in [7, 11) is 0. The van der Waals surface area contributed by atoms with Gasteiger partial charge in [0.1, 0.15) is 5.82 Å². The number of benzene rings is 1. The van der Waals surface area contributed by atoms with E-state index in [4.69, 9.17) is 0 Å². The van der Waals surface area contributed by atoms with Crippen LogP contribution in [0.1, 0.15) is 13.3 Å². The summed E-state index contributed by atoms with van der Waals surface area (Å²) in [6.45, 7) is 4.83. The Hall–Kier alpha value is -2.15. The Morgan fingerprint density at radius 2 is 2.09 bits per heavy atom. The van der Waals surface area contributed by atoms with Crippen LogP contribution in [-0.4, -0.2) is 44.2 Å². The predicted octanol–water partition coefficient (Wildman–Crippen LogP) is 1.07. The molecule has 2 heterocycles. The Kier molecular flexibility index (Phi) is 3.98. The molecule has 6 nitrogen and oxygen atoms in total. The Morgan fingerprint density at radius 1 is 1.27 bits per heavy atom. The van der Waals surface area contributed by atoms with E-state index in [2.05, 4.69) is 22.5 Å². The summed E-state index contributed by atoms with van der Waals surface area (Å²) in [6, 6.07) is 4.60. The van der Waals surface area contributed by atoms with E-state index in [9.17, 15) is 14.0 Å². The number of amides is 3. The van der Waals surface area contributed by atoms with Gasteiger partial charge in [-0.2, -0.15) is 0 Å². The van der Waals surface area contributed by atoms with Gasteiger partial charge in [0.25, 0.3) is 0 Å². The summed E-state index contributed by atoms with van der Waals surface area (Å²) >= 11 is 0. The second-order valence-corrected chi connectivity index (χ2v) is 5.64. The number of urea groups is 1. The van der Waals surface area contributed by atoms with Gasteiger partial charge < -0.3 is 10.2 Å². The molecule has 2 aliphatic rings. The first-order valence-corrected chi connectivity index (χ1v) is 7.44. The number of halogens is 1. The first-order chi connectivity index (χ1) is 10.6. The summed E-state index contributed by atoms with van der Waals surface area (Å²) in [5.74, 6) is -0.777. The molecular formula is C15H19FN4O2. The predicted molar refractivity (Wildman–Crippen MR) is 81.6 cm³/mol. The van der Waals surface area contributed by atoms with Crippen molar-refractivity contribution in [1.29, 1.82) is 0 Å². The first-order valence-electron chi connectivity index (χ1n) is 7.44. The molecule has 2 aliphatic heterocycles. The second kappa shape index (κ2) is 5.92. The molecule has 0 radical (unpaired) electrons. The van der Waals surface area contributed by atoms with Crippen LogP contribution >= 0.6 is 0 Å². The summed E-state index contributed by atoms with van der Waals surface area (Å²) in [5.41, 5.74) is 1.01. The molecular weight excluding hydrogens is 287 g/mol. The topological polar surface area (TPSA) is 64.7 Å². The van der Waals surface area contributed by atoms with Gasteiger partial charge in [-0.15, -0.1) is 0 Å². The van der Waals surface area contributed by atoms with Crippen LogP contribution < -0.4 is 20.4 Å². The number of anilines is 2. The fourth-order valence-electron chi connectivity index (χ4n) is 2.91. The number of carbonyl (C=O) groups excluding carboxylic acids is 2. The quantitative estimate of drug-likeness (QED) is 0.858. The van der Waals surface area contributed by atoms with E-state index >= 15 is 0 Å². The van der Waals surface area contributed by atoms with E-state index in [1.165, 1.54) is 11.0 Å². The van der Waals surface area contributed by atoms with Crippen molar-refractivity contribution in [3.05, 3.63) is 24.0 Å². The van der Waals surface area contributed by atoms with E-state index in [1.807, 2.05) is 6.07 Å². The van der Waals surface area contributed by atoms with Crippen LogP contribution in [0, 0.1) is 5.82 Å². The van der Waals surface area contributed by atoms with Crippen molar-refractivity contribution < 1.29 is 14.0 Å². The maximum absolute atomic E-state index is 14.4. The molecule has 7 heteroatoms. The third-order valence-electron chi connectivity index (χ3n) is 4.11. The molecule has 2 fully saturated rings. The van der Waals surface area contributed by atoms with Crippen LogP contribution in [0.5, 0.6) is 0 Å². The number of carbonyl (C=O) groups is 2. The van der Waals surface area contributed by atoms with E-state index in [1.54, 1.807) is 6.07 Å². The van der Waals surface area contributed by atoms with Crippen molar-refractivity contribution in [2.24, 2.45) is 0 Å². The molecule has 1 atom stereocenters. The number of imide groups is 1. The number of rotatable bonds is 2. The molecule has 0 unspecified atom stereocenters.